The van der Waals surface area contributed by atoms with Crippen LogP contribution < -0.4 is 5.32 Å². The van der Waals surface area contributed by atoms with E-state index in [1.165, 1.54) is 24.3 Å². The second-order valence-corrected chi connectivity index (χ2v) is 7.19. The summed E-state index contributed by atoms with van der Waals surface area (Å²) in [6.45, 7) is 6.06. The van der Waals surface area contributed by atoms with Crippen LogP contribution in [0.15, 0.2) is 73.3 Å². The third kappa shape index (κ3) is 4.37. The van der Waals surface area contributed by atoms with Crippen LogP contribution in [-0.4, -0.2) is 7.05 Å². The van der Waals surface area contributed by atoms with Crippen molar-refractivity contribution < 1.29 is 13.2 Å². The number of hydrogen-bond donors (Lipinski definition) is 1. The van der Waals surface area contributed by atoms with E-state index in [0.29, 0.717) is 18.4 Å². The van der Waals surface area contributed by atoms with Crippen molar-refractivity contribution in [3.8, 4) is 11.1 Å². The Morgan fingerprint density at radius 2 is 1.59 bits per heavy atom. The van der Waals surface area contributed by atoms with Gasteiger partial charge in [-0.3, -0.25) is 0 Å². The zero-order chi connectivity index (χ0) is 21.0. The van der Waals surface area contributed by atoms with Crippen LogP contribution in [0.25, 0.3) is 11.1 Å². The summed E-state index contributed by atoms with van der Waals surface area (Å²) < 4.78 is 41.3. The molecule has 1 nitrogen and oxygen atoms in total. The van der Waals surface area contributed by atoms with Gasteiger partial charge in [0, 0.05) is 24.2 Å². The van der Waals surface area contributed by atoms with E-state index < -0.39 is 17.0 Å². The molecule has 0 aliphatic heterocycles. The molecule has 4 heteroatoms. The molecule has 0 radical (unpaired) electrons. The Kier molecular flexibility index (Phi) is 6.12. The molecule has 0 aliphatic carbocycles. The van der Waals surface area contributed by atoms with Crippen LogP contribution in [0.2, 0.25) is 0 Å². The predicted octanol–water partition coefficient (Wildman–Crippen LogP) is 6.89. The minimum Gasteiger partial charge on any atom is -0.388 e. The third-order valence-electron chi connectivity index (χ3n) is 5.45. The first-order valence-electron chi connectivity index (χ1n) is 9.57. The first kappa shape index (κ1) is 20.7. The third-order valence-corrected chi connectivity index (χ3v) is 5.45. The quantitative estimate of drug-likeness (QED) is 0.430. The number of benzene rings is 3. The van der Waals surface area contributed by atoms with E-state index in [-0.39, 0.29) is 5.82 Å². The summed E-state index contributed by atoms with van der Waals surface area (Å²) in [5, 5.41) is 3.20. The molecule has 1 unspecified atom stereocenters. The molecule has 3 aromatic carbocycles. The first-order valence-corrected chi connectivity index (χ1v) is 9.57. The van der Waals surface area contributed by atoms with Gasteiger partial charge in [0.1, 0.15) is 17.5 Å². The van der Waals surface area contributed by atoms with Crippen molar-refractivity contribution in [2.75, 3.05) is 12.4 Å². The number of rotatable bonds is 7. The summed E-state index contributed by atoms with van der Waals surface area (Å²) in [5.41, 5.74) is 3.47. The second kappa shape index (κ2) is 8.56. The van der Waals surface area contributed by atoms with Gasteiger partial charge >= 0.3 is 0 Å². The Labute approximate surface area is 169 Å². The Bertz CT molecular complexity index is 1010. The molecule has 1 N–H and O–H groups in total. The predicted molar refractivity (Wildman–Crippen MR) is 114 cm³/mol. The van der Waals surface area contributed by atoms with E-state index in [9.17, 15) is 13.2 Å². The normalized spacial score (nSPS) is 13.0. The smallest absolute Gasteiger partial charge is 0.126 e. The zero-order valence-corrected chi connectivity index (χ0v) is 16.6. The largest absolute Gasteiger partial charge is 0.388 e. The van der Waals surface area contributed by atoms with Gasteiger partial charge in [0.2, 0.25) is 0 Å². The summed E-state index contributed by atoms with van der Waals surface area (Å²) in [6, 6.07) is 15.9. The van der Waals surface area contributed by atoms with E-state index >= 15 is 0 Å². The molecule has 3 rings (SSSR count). The van der Waals surface area contributed by atoms with Crippen LogP contribution in [-0.2, 0) is 11.8 Å². The maximum atomic E-state index is 13.8. The molecule has 29 heavy (non-hydrogen) atoms. The van der Waals surface area contributed by atoms with Crippen molar-refractivity contribution in [1.82, 2.24) is 0 Å². The molecule has 0 bridgehead atoms. The van der Waals surface area contributed by atoms with Crippen LogP contribution in [0.3, 0.4) is 0 Å². The SMILES string of the molecule is C=CC(CC)(Cc1cc(F)cc(F)c1)c1cc(-c2cccc(F)c2)ccc1NC. The van der Waals surface area contributed by atoms with Gasteiger partial charge in [0.15, 0.2) is 0 Å². The number of hydrogen-bond acceptors (Lipinski definition) is 1. The fourth-order valence-electron chi connectivity index (χ4n) is 3.84. The highest BCUT2D eigenvalue weighted by Gasteiger charge is 2.30. The molecule has 0 saturated heterocycles. The average molecular weight is 395 g/mol. The molecule has 0 amide bonds. The van der Waals surface area contributed by atoms with Crippen molar-refractivity contribution >= 4 is 5.69 Å². The van der Waals surface area contributed by atoms with Gasteiger partial charge in [-0.25, -0.2) is 13.2 Å². The van der Waals surface area contributed by atoms with Gasteiger partial charge in [0.05, 0.1) is 0 Å². The average Bonchev–Trinajstić information content (AvgIpc) is 2.71. The van der Waals surface area contributed by atoms with Gasteiger partial charge < -0.3 is 5.32 Å². The molecule has 150 valence electrons. The number of nitrogens with one attached hydrogen (secondary N) is 1. The molecule has 0 aromatic heterocycles. The maximum Gasteiger partial charge on any atom is 0.126 e. The fourth-order valence-corrected chi connectivity index (χ4v) is 3.84. The van der Waals surface area contributed by atoms with E-state index in [0.717, 1.165) is 28.4 Å². The molecule has 1 atom stereocenters. The second-order valence-electron chi connectivity index (χ2n) is 7.19. The van der Waals surface area contributed by atoms with Crippen molar-refractivity contribution in [2.24, 2.45) is 0 Å². The molecule has 0 fully saturated rings. The summed E-state index contributed by atoms with van der Waals surface area (Å²) in [5.74, 6) is -1.50. The lowest BCUT2D eigenvalue weighted by molar-refractivity contribution is 0.508. The van der Waals surface area contributed by atoms with E-state index in [1.807, 2.05) is 44.3 Å². The minimum atomic E-state index is -0.601. The lowest BCUT2D eigenvalue weighted by Gasteiger charge is -2.33. The maximum absolute atomic E-state index is 13.8. The minimum absolute atomic E-state index is 0.303. The summed E-state index contributed by atoms with van der Waals surface area (Å²) in [7, 11) is 1.83. The summed E-state index contributed by atoms with van der Waals surface area (Å²) in [6.07, 6.45) is 2.90. The van der Waals surface area contributed by atoms with Crippen molar-refractivity contribution in [1.29, 1.82) is 0 Å². The lowest BCUT2D eigenvalue weighted by Crippen LogP contribution is -2.27. The Balaban J connectivity index is 2.14. The zero-order valence-electron chi connectivity index (χ0n) is 16.6. The number of halogens is 3. The molecule has 0 heterocycles. The number of anilines is 1. The van der Waals surface area contributed by atoms with Crippen molar-refractivity contribution in [3.63, 3.8) is 0 Å². The lowest BCUT2D eigenvalue weighted by atomic mass is 9.72. The van der Waals surface area contributed by atoms with E-state index in [4.69, 9.17) is 0 Å². The van der Waals surface area contributed by atoms with E-state index in [2.05, 4.69) is 11.9 Å². The highest BCUT2D eigenvalue weighted by Crippen LogP contribution is 2.40. The van der Waals surface area contributed by atoms with Gasteiger partial charge in [-0.05, 0) is 71.5 Å². The molecule has 3 aromatic rings. The van der Waals surface area contributed by atoms with E-state index in [1.54, 1.807) is 6.07 Å². The molecule has 0 saturated carbocycles. The first-order chi connectivity index (χ1) is 13.9. The van der Waals surface area contributed by atoms with Crippen LogP contribution in [0, 0.1) is 17.5 Å². The van der Waals surface area contributed by atoms with Crippen molar-refractivity contribution in [3.05, 3.63) is 102 Å². The summed E-state index contributed by atoms with van der Waals surface area (Å²) in [4.78, 5) is 0. The molecular weight excluding hydrogens is 371 g/mol. The monoisotopic (exact) mass is 395 g/mol. The fraction of sp³-hybridized carbons (Fsp3) is 0.200. The topological polar surface area (TPSA) is 12.0 Å². The molecular formula is C25H24F3N. The Hall–Kier alpha value is -3.01. The van der Waals surface area contributed by atoms with Gasteiger partial charge in [-0.2, -0.15) is 0 Å². The standard InChI is InChI=1S/C25H24F3N/c1-4-25(5-2,16-17-11-21(27)15-22(28)12-17)23-14-19(9-10-24(23)29-3)18-7-6-8-20(26)13-18/h4,6-15,29H,1,5,16H2,2-3H3. The van der Waals surface area contributed by atoms with Crippen molar-refractivity contribution in [2.45, 2.75) is 25.2 Å². The van der Waals surface area contributed by atoms with Gasteiger partial charge in [-0.15, -0.1) is 6.58 Å². The highest BCUT2D eigenvalue weighted by molar-refractivity contribution is 5.70. The molecule has 0 aliphatic rings. The van der Waals surface area contributed by atoms with Gasteiger partial charge in [-0.1, -0.05) is 31.2 Å². The van der Waals surface area contributed by atoms with Crippen LogP contribution >= 0.6 is 0 Å². The number of allylic oxidation sites excluding steroid dienone is 1. The molecule has 0 spiro atoms. The summed E-state index contributed by atoms with van der Waals surface area (Å²) >= 11 is 0. The highest BCUT2D eigenvalue weighted by atomic mass is 19.1. The van der Waals surface area contributed by atoms with Crippen LogP contribution in [0.4, 0.5) is 18.9 Å². The van der Waals surface area contributed by atoms with Gasteiger partial charge in [0.25, 0.3) is 0 Å². The Morgan fingerprint density at radius 1 is 0.897 bits per heavy atom. The Morgan fingerprint density at radius 3 is 2.17 bits per heavy atom. The van der Waals surface area contributed by atoms with Crippen LogP contribution in [0.1, 0.15) is 24.5 Å². The van der Waals surface area contributed by atoms with Crippen LogP contribution in [0.5, 0.6) is 0 Å².